The molecule has 0 spiro atoms. The van der Waals surface area contributed by atoms with Crippen LogP contribution in [0.4, 0.5) is 0 Å². The summed E-state index contributed by atoms with van der Waals surface area (Å²) in [7, 11) is -3.69. The minimum absolute atomic E-state index is 0.111. The largest absolute Gasteiger partial charge is 0.393 e. The zero-order chi connectivity index (χ0) is 14.5. The van der Waals surface area contributed by atoms with Crippen molar-refractivity contribution in [2.75, 3.05) is 19.0 Å². The van der Waals surface area contributed by atoms with Gasteiger partial charge in [-0.1, -0.05) is 12.1 Å². The minimum atomic E-state index is -3.69. The van der Waals surface area contributed by atoms with Crippen LogP contribution in [0.3, 0.4) is 0 Å². The predicted octanol–water partition coefficient (Wildman–Crippen LogP) is 0.489. The van der Waals surface area contributed by atoms with Crippen LogP contribution in [0.15, 0.2) is 29.2 Å². The molecule has 0 aliphatic rings. The van der Waals surface area contributed by atoms with Gasteiger partial charge >= 0.3 is 0 Å². The van der Waals surface area contributed by atoms with Crippen molar-refractivity contribution in [2.45, 2.75) is 23.8 Å². The first kappa shape index (κ1) is 16.4. The van der Waals surface area contributed by atoms with E-state index in [2.05, 4.69) is 4.72 Å². The van der Waals surface area contributed by atoms with Crippen molar-refractivity contribution >= 4 is 21.6 Å². The molecule has 0 amide bonds. The second-order valence-corrected chi connectivity index (χ2v) is 6.71. The van der Waals surface area contributed by atoms with Crippen LogP contribution >= 0.6 is 11.6 Å². The fourth-order valence-electron chi connectivity index (χ4n) is 1.33. The lowest BCUT2D eigenvalue weighted by Gasteiger charge is -2.20. The Hall–Kier alpha value is -0.660. The molecule has 0 heterocycles. The fraction of sp³-hybridized carbons (Fsp3) is 0.500. The van der Waals surface area contributed by atoms with Crippen molar-refractivity contribution in [3.63, 3.8) is 0 Å². The molecule has 108 valence electrons. The maximum atomic E-state index is 11.9. The van der Waals surface area contributed by atoms with Gasteiger partial charge in [-0.2, -0.15) is 0 Å². The van der Waals surface area contributed by atoms with Crippen LogP contribution < -0.4 is 4.72 Å². The van der Waals surface area contributed by atoms with Gasteiger partial charge in [0.2, 0.25) is 10.0 Å². The van der Waals surface area contributed by atoms with Crippen molar-refractivity contribution in [2.24, 2.45) is 0 Å². The van der Waals surface area contributed by atoms with Crippen LogP contribution in [0.1, 0.15) is 12.5 Å². The van der Waals surface area contributed by atoms with Gasteiger partial charge < -0.3 is 10.2 Å². The minimum Gasteiger partial charge on any atom is -0.393 e. The maximum absolute atomic E-state index is 11.9. The summed E-state index contributed by atoms with van der Waals surface area (Å²) < 4.78 is 26.1. The molecule has 7 heteroatoms. The molecule has 0 aromatic heterocycles. The number of sulfonamides is 1. The molecule has 5 nitrogen and oxygen atoms in total. The second kappa shape index (κ2) is 6.67. The molecule has 3 N–H and O–H groups in total. The van der Waals surface area contributed by atoms with E-state index in [1.807, 2.05) is 0 Å². The molecule has 1 aromatic rings. The number of nitrogens with one attached hydrogen (secondary N) is 1. The number of hydrogen-bond acceptors (Lipinski definition) is 4. The molecule has 1 rings (SSSR count). The van der Waals surface area contributed by atoms with E-state index < -0.39 is 22.2 Å². The van der Waals surface area contributed by atoms with E-state index in [4.69, 9.17) is 16.7 Å². The first-order chi connectivity index (χ1) is 8.80. The Balaban J connectivity index is 2.77. The van der Waals surface area contributed by atoms with Gasteiger partial charge in [-0.25, -0.2) is 13.1 Å². The standard InChI is InChI=1S/C12H18ClNO4S/c1-12(16,9-15)8-14-19(17,18)11-4-2-10(3-5-11)6-7-13/h2-5,14-16H,6-9H2,1H3. The zero-order valence-electron chi connectivity index (χ0n) is 10.6. The number of benzene rings is 1. The third kappa shape index (κ3) is 5.08. The van der Waals surface area contributed by atoms with Crippen molar-refractivity contribution in [3.05, 3.63) is 29.8 Å². The molecule has 0 bridgehead atoms. The smallest absolute Gasteiger partial charge is 0.240 e. The maximum Gasteiger partial charge on any atom is 0.240 e. The van der Waals surface area contributed by atoms with Gasteiger partial charge in [-0.05, 0) is 31.0 Å². The average Bonchev–Trinajstić information content (AvgIpc) is 2.38. The molecular weight excluding hydrogens is 290 g/mol. The topological polar surface area (TPSA) is 86.6 Å². The van der Waals surface area contributed by atoms with Crippen LogP contribution in [0, 0.1) is 0 Å². The van der Waals surface area contributed by atoms with Crippen molar-refractivity contribution in [3.8, 4) is 0 Å². The van der Waals surface area contributed by atoms with E-state index in [1.54, 1.807) is 12.1 Å². The lowest BCUT2D eigenvalue weighted by molar-refractivity contribution is 0.00681. The summed E-state index contributed by atoms with van der Waals surface area (Å²) in [4.78, 5) is 0.111. The number of aryl methyl sites for hydroxylation is 1. The highest BCUT2D eigenvalue weighted by Gasteiger charge is 2.23. The van der Waals surface area contributed by atoms with Gasteiger partial charge in [-0.3, -0.25) is 0 Å². The van der Waals surface area contributed by atoms with Crippen LogP contribution in [-0.2, 0) is 16.4 Å². The van der Waals surface area contributed by atoms with Crippen molar-refractivity contribution < 1.29 is 18.6 Å². The van der Waals surface area contributed by atoms with Gasteiger partial charge in [0.15, 0.2) is 0 Å². The summed E-state index contributed by atoms with van der Waals surface area (Å²) in [5.41, 5.74) is -0.526. The van der Waals surface area contributed by atoms with E-state index in [1.165, 1.54) is 19.1 Å². The Bertz CT molecular complexity index is 499. The monoisotopic (exact) mass is 307 g/mol. The molecule has 0 aliphatic carbocycles. The Morgan fingerprint density at radius 3 is 2.37 bits per heavy atom. The van der Waals surface area contributed by atoms with Crippen molar-refractivity contribution in [1.82, 2.24) is 4.72 Å². The molecule has 1 atom stereocenters. The SMILES string of the molecule is CC(O)(CO)CNS(=O)(=O)c1ccc(CCCl)cc1. The Morgan fingerprint density at radius 1 is 1.32 bits per heavy atom. The third-order valence-electron chi connectivity index (χ3n) is 2.60. The lowest BCUT2D eigenvalue weighted by Crippen LogP contribution is -2.43. The summed E-state index contributed by atoms with van der Waals surface area (Å²) >= 11 is 5.60. The summed E-state index contributed by atoms with van der Waals surface area (Å²) in [6.07, 6.45) is 0.675. The van der Waals surface area contributed by atoms with Gasteiger partial charge in [-0.15, -0.1) is 11.6 Å². The fourth-order valence-corrected chi connectivity index (χ4v) is 2.71. The number of aliphatic hydroxyl groups excluding tert-OH is 1. The van der Waals surface area contributed by atoms with Crippen molar-refractivity contribution in [1.29, 1.82) is 0 Å². The predicted molar refractivity (Wildman–Crippen MR) is 73.8 cm³/mol. The molecule has 1 unspecified atom stereocenters. The quantitative estimate of drug-likeness (QED) is 0.640. The highest BCUT2D eigenvalue weighted by atomic mass is 35.5. The molecule has 0 aliphatic heterocycles. The Kier molecular flexibility index (Phi) is 5.76. The number of aliphatic hydroxyl groups is 2. The van der Waals surface area contributed by atoms with E-state index >= 15 is 0 Å². The summed E-state index contributed by atoms with van der Waals surface area (Å²) in [5.74, 6) is 0.476. The zero-order valence-corrected chi connectivity index (χ0v) is 12.2. The van der Waals surface area contributed by atoms with Gasteiger partial charge in [0, 0.05) is 12.4 Å². The lowest BCUT2D eigenvalue weighted by atomic mass is 10.1. The number of rotatable bonds is 7. The molecular formula is C12H18ClNO4S. The third-order valence-corrected chi connectivity index (χ3v) is 4.21. The van der Waals surface area contributed by atoms with Crippen LogP contribution in [0.25, 0.3) is 0 Å². The average molecular weight is 308 g/mol. The Morgan fingerprint density at radius 2 is 1.89 bits per heavy atom. The van der Waals surface area contributed by atoms with Gasteiger partial charge in [0.25, 0.3) is 0 Å². The summed E-state index contributed by atoms with van der Waals surface area (Å²) in [5, 5.41) is 18.4. The first-order valence-electron chi connectivity index (χ1n) is 5.78. The summed E-state index contributed by atoms with van der Waals surface area (Å²) in [6, 6.07) is 6.36. The molecule has 0 fully saturated rings. The highest BCUT2D eigenvalue weighted by Crippen LogP contribution is 2.12. The van der Waals surface area contributed by atoms with E-state index in [9.17, 15) is 13.5 Å². The van der Waals surface area contributed by atoms with Gasteiger partial charge in [0.1, 0.15) is 0 Å². The normalized spacial score (nSPS) is 15.2. The second-order valence-electron chi connectivity index (χ2n) is 4.56. The molecule has 19 heavy (non-hydrogen) atoms. The number of alkyl halides is 1. The van der Waals surface area contributed by atoms with Crippen LogP contribution in [0.5, 0.6) is 0 Å². The molecule has 0 radical (unpaired) electrons. The number of halogens is 1. The molecule has 1 aromatic carbocycles. The Labute approximate surface area is 118 Å². The molecule has 0 saturated carbocycles. The van der Waals surface area contributed by atoms with E-state index in [-0.39, 0.29) is 11.4 Å². The number of hydrogen-bond donors (Lipinski definition) is 3. The first-order valence-corrected chi connectivity index (χ1v) is 7.80. The highest BCUT2D eigenvalue weighted by molar-refractivity contribution is 7.89. The van der Waals surface area contributed by atoms with Gasteiger partial charge in [0.05, 0.1) is 17.1 Å². The van der Waals surface area contributed by atoms with E-state index in [0.717, 1.165) is 5.56 Å². The van der Waals surface area contributed by atoms with E-state index in [0.29, 0.717) is 12.3 Å². The molecule has 0 saturated heterocycles. The van der Waals surface area contributed by atoms with Crippen LogP contribution in [0.2, 0.25) is 0 Å². The van der Waals surface area contributed by atoms with Crippen LogP contribution in [-0.4, -0.2) is 43.3 Å². The summed E-state index contributed by atoms with van der Waals surface area (Å²) in [6.45, 7) is 0.568.